The van der Waals surface area contributed by atoms with Crippen molar-refractivity contribution in [3.8, 4) is 0 Å². The molecule has 5 atom stereocenters. The molecule has 0 aromatic heterocycles. The third kappa shape index (κ3) is 76.3. The van der Waals surface area contributed by atoms with Crippen LogP contribution in [-0.4, -0.2) is 96.7 Å². The third-order valence-corrected chi connectivity index (χ3v) is 21.4. The van der Waals surface area contributed by atoms with Crippen molar-refractivity contribution in [3.63, 3.8) is 0 Å². The van der Waals surface area contributed by atoms with E-state index in [2.05, 4.69) is 41.5 Å². The topological polar surface area (TPSA) is 237 Å². The summed E-state index contributed by atoms with van der Waals surface area (Å²) >= 11 is 0. The summed E-state index contributed by atoms with van der Waals surface area (Å²) in [6.45, 7) is 9.60. The van der Waals surface area contributed by atoms with Gasteiger partial charge in [0.05, 0.1) is 26.4 Å². The minimum Gasteiger partial charge on any atom is -0.462 e. The van der Waals surface area contributed by atoms with E-state index in [0.29, 0.717) is 25.7 Å². The fourth-order valence-corrected chi connectivity index (χ4v) is 14.5. The number of rotatable bonds is 82. The molecule has 0 aromatic rings. The van der Waals surface area contributed by atoms with Crippen LogP contribution in [0.15, 0.2) is 0 Å². The van der Waals surface area contributed by atoms with Gasteiger partial charge in [0, 0.05) is 25.7 Å². The molecule has 606 valence electrons. The number of aliphatic hydroxyl groups excluding tert-OH is 1. The maximum atomic E-state index is 13.1. The van der Waals surface area contributed by atoms with E-state index >= 15 is 0 Å². The van der Waals surface area contributed by atoms with Gasteiger partial charge >= 0.3 is 39.5 Å². The molecule has 19 heteroatoms. The summed E-state index contributed by atoms with van der Waals surface area (Å²) < 4.78 is 68.5. The summed E-state index contributed by atoms with van der Waals surface area (Å²) in [5, 5.41) is 10.6. The minimum atomic E-state index is -4.96. The highest BCUT2D eigenvalue weighted by Gasteiger charge is 2.30. The van der Waals surface area contributed by atoms with Crippen molar-refractivity contribution in [2.24, 2.45) is 11.8 Å². The number of hydrogen-bond acceptors (Lipinski definition) is 15. The van der Waals surface area contributed by atoms with Crippen LogP contribution >= 0.6 is 15.6 Å². The number of ether oxygens (including phenoxy) is 4. The van der Waals surface area contributed by atoms with E-state index in [1.807, 2.05) is 0 Å². The van der Waals surface area contributed by atoms with Crippen LogP contribution in [0.3, 0.4) is 0 Å². The highest BCUT2D eigenvalue weighted by Crippen LogP contribution is 2.45. The second-order valence-electron chi connectivity index (χ2n) is 30.8. The first-order chi connectivity index (χ1) is 49.4. The molecule has 17 nitrogen and oxygen atoms in total. The number of hydrogen-bond donors (Lipinski definition) is 3. The molecule has 3 N–H and O–H groups in total. The molecular formula is C83H162O17P2. The molecule has 0 heterocycles. The zero-order valence-corrected chi connectivity index (χ0v) is 68.7. The normalized spacial score (nSPS) is 13.9. The highest BCUT2D eigenvalue weighted by atomic mass is 31.2. The minimum absolute atomic E-state index is 0.106. The van der Waals surface area contributed by atoms with E-state index in [4.69, 9.17) is 37.0 Å². The fourth-order valence-electron chi connectivity index (χ4n) is 12.9. The second kappa shape index (κ2) is 74.5. The molecular weight excluding hydrogens is 1330 g/mol. The molecule has 0 aliphatic heterocycles. The van der Waals surface area contributed by atoms with Gasteiger partial charge in [-0.25, -0.2) is 9.13 Å². The van der Waals surface area contributed by atoms with Crippen LogP contribution in [0.4, 0.5) is 0 Å². The predicted octanol–water partition coefficient (Wildman–Crippen LogP) is 25.1. The molecule has 0 saturated heterocycles. The summed E-state index contributed by atoms with van der Waals surface area (Å²) in [5.74, 6) is -0.522. The maximum absolute atomic E-state index is 13.1. The van der Waals surface area contributed by atoms with Crippen LogP contribution in [0.25, 0.3) is 0 Å². The summed E-state index contributed by atoms with van der Waals surface area (Å²) in [7, 11) is -9.91. The van der Waals surface area contributed by atoms with Crippen molar-refractivity contribution in [3.05, 3.63) is 0 Å². The highest BCUT2D eigenvalue weighted by molar-refractivity contribution is 7.47. The van der Waals surface area contributed by atoms with Gasteiger partial charge in [0.15, 0.2) is 12.2 Å². The van der Waals surface area contributed by atoms with Gasteiger partial charge in [0.1, 0.15) is 19.3 Å². The van der Waals surface area contributed by atoms with Crippen LogP contribution in [0.5, 0.6) is 0 Å². The van der Waals surface area contributed by atoms with Gasteiger partial charge in [-0.1, -0.05) is 388 Å². The van der Waals surface area contributed by atoms with Gasteiger partial charge in [0.2, 0.25) is 0 Å². The standard InChI is InChI=1S/C83H162O17P2/c1-7-9-11-13-14-15-16-17-18-19-20-21-22-26-29-32-38-43-48-54-60-66-81(86)94-72-79(100-83(88)68-61-55-49-44-39-33-30-27-24-23-25-28-31-36-41-46-52-57-63-75(3)4)74-98-102(91,92)96-70-77(84)69-95-101(89,90)97-73-78(71-93-80(85)65-59-51-12-10-8-2)99-82(87)67-62-56-50-45-40-35-34-37-42-47-53-58-64-76(5)6/h75-79,84H,7-74H2,1-6H3,(H,89,90)(H,91,92)/t77-,78+,79+/m0/s1. The van der Waals surface area contributed by atoms with E-state index in [1.165, 1.54) is 250 Å². The number of unbranched alkanes of at least 4 members (excludes halogenated alkanes) is 52. The molecule has 0 aliphatic rings. The SMILES string of the molecule is CCCCCCCCCCCCCCCCCCCCCCCC(=O)OC[C@H](COP(=O)(O)OC[C@@H](O)COP(=O)(O)OC[C@@H](COC(=O)CCCCCCC)OC(=O)CCCCCCCCCCCCCCC(C)C)OC(=O)CCCCCCCCCCCCCCCCCCCCC(C)C. The Balaban J connectivity index is 5.11. The summed E-state index contributed by atoms with van der Waals surface area (Å²) in [6.07, 6.45) is 65.9. The number of carbonyl (C=O) groups excluding carboxylic acids is 4. The first-order valence-electron chi connectivity index (χ1n) is 43.0. The van der Waals surface area contributed by atoms with Gasteiger partial charge in [0.25, 0.3) is 0 Å². The maximum Gasteiger partial charge on any atom is 0.472 e. The Labute approximate surface area is 626 Å². The number of esters is 4. The Morgan fingerprint density at radius 1 is 0.265 bits per heavy atom. The monoisotopic (exact) mass is 1490 g/mol. The lowest BCUT2D eigenvalue weighted by atomic mass is 10.0. The van der Waals surface area contributed by atoms with Crippen LogP contribution in [-0.2, 0) is 65.4 Å². The fraction of sp³-hybridized carbons (Fsp3) is 0.952. The van der Waals surface area contributed by atoms with Gasteiger partial charge in [-0.3, -0.25) is 37.3 Å². The van der Waals surface area contributed by atoms with E-state index < -0.39 is 97.5 Å². The summed E-state index contributed by atoms with van der Waals surface area (Å²) in [6, 6.07) is 0. The van der Waals surface area contributed by atoms with E-state index in [1.54, 1.807) is 0 Å². The number of phosphoric ester groups is 2. The van der Waals surface area contributed by atoms with Crippen molar-refractivity contribution < 1.29 is 80.2 Å². The van der Waals surface area contributed by atoms with E-state index in [9.17, 15) is 43.2 Å². The average molecular weight is 1490 g/mol. The quantitative estimate of drug-likeness (QED) is 0.0222. The van der Waals surface area contributed by atoms with Crippen LogP contribution < -0.4 is 0 Å². The Kier molecular flexibility index (Phi) is 73.1. The number of phosphoric acid groups is 2. The number of aliphatic hydroxyl groups is 1. The average Bonchev–Trinajstić information content (AvgIpc) is 0.955. The van der Waals surface area contributed by atoms with Crippen LogP contribution in [0.2, 0.25) is 0 Å². The summed E-state index contributed by atoms with van der Waals surface area (Å²) in [5.41, 5.74) is 0. The molecule has 0 spiro atoms. The van der Waals surface area contributed by atoms with Crippen LogP contribution in [0.1, 0.15) is 440 Å². The largest absolute Gasteiger partial charge is 0.472 e. The molecule has 0 aromatic carbocycles. The van der Waals surface area contributed by atoms with Gasteiger partial charge < -0.3 is 33.8 Å². The Morgan fingerprint density at radius 2 is 0.451 bits per heavy atom. The Morgan fingerprint density at radius 3 is 0.667 bits per heavy atom. The molecule has 0 bridgehead atoms. The second-order valence-corrected chi connectivity index (χ2v) is 33.7. The molecule has 2 unspecified atom stereocenters. The molecule has 0 saturated carbocycles. The van der Waals surface area contributed by atoms with Gasteiger partial charge in [-0.05, 0) is 37.5 Å². The smallest absolute Gasteiger partial charge is 0.462 e. The van der Waals surface area contributed by atoms with Crippen molar-refractivity contribution in [1.82, 2.24) is 0 Å². The van der Waals surface area contributed by atoms with Gasteiger partial charge in [-0.15, -0.1) is 0 Å². The van der Waals surface area contributed by atoms with Crippen LogP contribution in [0, 0.1) is 11.8 Å². The lowest BCUT2D eigenvalue weighted by molar-refractivity contribution is -0.161. The molecule has 0 radical (unpaired) electrons. The third-order valence-electron chi connectivity index (χ3n) is 19.5. The van der Waals surface area contributed by atoms with Crippen molar-refractivity contribution in [2.75, 3.05) is 39.6 Å². The van der Waals surface area contributed by atoms with Crippen molar-refractivity contribution >= 4 is 39.5 Å². The first kappa shape index (κ1) is 100. The van der Waals surface area contributed by atoms with Gasteiger partial charge in [-0.2, -0.15) is 0 Å². The zero-order valence-electron chi connectivity index (χ0n) is 66.9. The number of carbonyl (C=O) groups is 4. The predicted molar refractivity (Wildman–Crippen MR) is 418 cm³/mol. The summed E-state index contributed by atoms with van der Waals surface area (Å²) in [4.78, 5) is 72.8. The first-order valence-corrected chi connectivity index (χ1v) is 46.0. The lowest BCUT2D eigenvalue weighted by Gasteiger charge is -2.21. The van der Waals surface area contributed by atoms with E-state index in [-0.39, 0.29) is 25.7 Å². The lowest BCUT2D eigenvalue weighted by Crippen LogP contribution is -2.30. The molecule has 0 amide bonds. The van der Waals surface area contributed by atoms with Crippen molar-refractivity contribution in [1.29, 1.82) is 0 Å². The zero-order chi connectivity index (χ0) is 74.9. The molecule has 0 rings (SSSR count). The molecule has 102 heavy (non-hydrogen) atoms. The van der Waals surface area contributed by atoms with E-state index in [0.717, 1.165) is 108 Å². The Bertz CT molecular complexity index is 1960. The molecule has 0 aliphatic carbocycles. The Hall–Kier alpha value is -1.94. The molecule has 0 fully saturated rings. The van der Waals surface area contributed by atoms with Crippen molar-refractivity contribution in [2.45, 2.75) is 458 Å².